The summed E-state index contributed by atoms with van der Waals surface area (Å²) < 4.78 is 0. The van der Waals surface area contributed by atoms with Gasteiger partial charge in [-0.1, -0.05) is 62.4 Å². The van der Waals surface area contributed by atoms with Crippen molar-refractivity contribution >= 4 is 11.9 Å². The molecule has 0 saturated carbocycles. The smallest absolute Gasteiger partial charge is 0.330 e. The minimum atomic E-state index is -2.10. The summed E-state index contributed by atoms with van der Waals surface area (Å²) in [6.07, 6.45) is 1.61. The quantitative estimate of drug-likeness (QED) is 0.803. The van der Waals surface area contributed by atoms with E-state index in [1.807, 2.05) is 13.8 Å². The number of aliphatic carboxylic acids is 2. The Morgan fingerprint density at radius 3 is 1.26 bits per heavy atom. The van der Waals surface area contributed by atoms with E-state index in [1.165, 1.54) is 0 Å². The molecule has 2 aromatic rings. The van der Waals surface area contributed by atoms with E-state index in [-0.39, 0.29) is 11.1 Å². The fraction of sp³-hybridized carbons (Fsp3) is 0.263. The van der Waals surface area contributed by atoms with Crippen molar-refractivity contribution in [3.63, 3.8) is 0 Å². The maximum Gasteiger partial charge on any atom is 0.330 e. The van der Waals surface area contributed by atoms with Crippen molar-refractivity contribution in [2.45, 2.75) is 32.1 Å². The molecule has 120 valence electrons. The average molecular weight is 312 g/mol. The van der Waals surface area contributed by atoms with Gasteiger partial charge < -0.3 is 10.2 Å². The first-order valence-corrected chi connectivity index (χ1v) is 7.62. The van der Waals surface area contributed by atoms with Crippen molar-refractivity contribution < 1.29 is 19.8 Å². The third-order valence-corrected chi connectivity index (χ3v) is 4.23. The van der Waals surface area contributed by atoms with Gasteiger partial charge >= 0.3 is 11.9 Å². The Bertz CT molecular complexity index is 636. The highest BCUT2D eigenvalue weighted by molar-refractivity contribution is 6.08. The molecule has 2 aromatic carbocycles. The zero-order chi connectivity index (χ0) is 17.0. The second-order valence-electron chi connectivity index (χ2n) is 5.46. The Morgan fingerprint density at radius 1 is 0.739 bits per heavy atom. The third kappa shape index (κ3) is 2.84. The molecule has 0 aliphatic rings. The van der Waals surface area contributed by atoms with Crippen molar-refractivity contribution in [2.24, 2.45) is 0 Å². The largest absolute Gasteiger partial charge is 0.480 e. The predicted molar refractivity (Wildman–Crippen MR) is 87.7 cm³/mol. The van der Waals surface area contributed by atoms with Crippen LogP contribution in [0, 0.1) is 0 Å². The van der Waals surface area contributed by atoms with Gasteiger partial charge in [-0.2, -0.15) is 0 Å². The highest BCUT2D eigenvalue weighted by Gasteiger charge is 2.50. The Hall–Kier alpha value is -2.62. The first-order chi connectivity index (χ1) is 11.0. The summed E-state index contributed by atoms with van der Waals surface area (Å²) in [4.78, 5) is 24.0. The summed E-state index contributed by atoms with van der Waals surface area (Å²) in [6, 6.07) is 13.5. The third-order valence-electron chi connectivity index (χ3n) is 4.23. The molecule has 2 N–H and O–H groups in total. The molecule has 2 rings (SSSR count). The minimum absolute atomic E-state index is 0.249. The molecule has 0 aliphatic heterocycles. The monoisotopic (exact) mass is 312 g/mol. The number of rotatable bonds is 6. The van der Waals surface area contributed by atoms with Gasteiger partial charge in [0.25, 0.3) is 0 Å². The molecule has 4 nitrogen and oxygen atoms in total. The number of benzene rings is 2. The molecule has 0 aromatic heterocycles. The van der Waals surface area contributed by atoms with E-state index >= 15 is 0 Å². The van der Waals surface area contributed by atoms with Gasteiger partial charge in [-0.25, -0.2) is 0 Å². The van der Waals surface area contributed by atoms with Gasteiger partial charge in [-0.15, -0.1) is 0 Å². The van der Waals surface area contributed by atoms with Crippen molar-refractivity contribution in [3.8, 4) is 0 Å². The average Bonchev–Trinajstić information content (AvgIpc) is 2.56. The van der Waals surface area contributed by atoms with Crippen LogP contribution in [-0.4, -0.2) is 22.2 Å². The lowest BCUT2D eigenvalue weighted by Crippen LogP contribution is -2.44. The normalized spacial score (nSPS) is 11.2. The van der Waals surface area contributed by atoms with Crippen LogP contribution in [0.1, 0.15) is 36.1 Å². The fourth-order valence-electron chi connectivity index (χ4n) is 2.73. The Labute approximate surface area is 135 Å². The molecule has 4 heteroatoms. The molecule has 0 fully saturated rings. The lowest BCUT2D eigenvalue weighted by Gasteiger charge is -2.26. The van der Waals surface area contributed by atoms with Gasteiger partial charge in [-0.3, -0.25) is 9.59 Å². The number of hydrogen-bond acceptors (Lipinski definition) is 2. The zero-order valence-electron chi connectivity index (χ0n) is 13.2. The number of hydrogen-bond donors (Lipinski definition) is 2. The topological polar surface area (TPSA) is 74.6 Å². The number of carboxylic acids is 2. The van der Waals surface area contributed by atoms with E-state index in [2.05, 4.69) is 0 Å². The summed E-state index contributed by atoms with van der Waals surface area (Å²) >= 11 is 0. The van der Waals surface area contributed by atoms with E-state index in [9.17, 15) is 19.8 Å². The zero-order valence-corrected chi connectivity index (χ0v) is 13.2. The Morgan fingerprint density at radius 2 is 1.04 bits per heavy atom. The molecule has 23 heavy (non-hydrogen) atoms. The van der Waals surface area contributed by atoms with Crippen LogP contribution in [0.4, 0.5) is 0 Å². The molecule has 0 unspecified atom stereocenters. The van der Waals surface area contributed by atoms with Crippen LogP contribution in [-0.2, 0) is 27.8 Å². The maximum atomic E-state index is 12.0. The van der Waals surface area contributed by atoms with E-state index in [4.69, 9.17) is 0 Å². The lowest BCUT2D eigenvalue weighted by atomic mass is 9.74. The first kappa shape index (κ1) is 16.7. The van der Waals surface area contributed by atoms with Crippen LogP contribution in [0.5, 0.6) is 0 Å². The van der Waals surface area contributed by atoms with Crippen LogP contribution in [0.15, 0.2) is 48.5 Å². The maximum absolute atomic E-state index is 12.0. The minimum Gasteiger partial charge on any atom is -0.480 e. The van der Waals surface area contributed by atoms with Crippen molar-refractivity contribution in [1.82, 2.24) is 0 Å². The summed E-state index contributed by atoms with van der Waals surface area (Å²) in [5.74, 6) is -2.78. The number of carbonyl (C=O) groups is 2. The summed E-state index contributed by atoms with van der Waals surface area (Å²) in [5, 5.41) is 19.5. The summed E-state index contributed by atoms with van der Waals surface area (Å²) in [5.41, 5.74) is 0.454. The van der Waals surface area contributed by atoms with E-state index < -0.39 is 17.4 Å². The molecule has 0 saturated heterocycles. The molecule has 0 aliphatic carbocycles. The van der Waals surface area contributed by atoms with Gasteiger partial charge in [0.05, 0.1) is 0 Å². The molecule has 0 amide bonds. The van der Waals surface area contributed by atoms with E-state index in [0.717, 1.165) is 24.0 Å². The molecule has 0 atom stereocenters. The highest BCUT2D eigenvalue weighted by atomic mass is 16.4. The van der Waals surface area contributed by atoms with Crippen LogP contribution in [0.25, 0.3) is 0 Å². The second-order valence-corrected chi connectivity index (χ2v) is 5.46. The molecular formula is C19H20O4. The number of aryl methyl sites for hydroxylation is 2. The van der Waals surface area contributed by atoms with Gasteiger partial charge in [0, 0.05) is 0 Å². The van der Waals surface area contributed by atoms with Crippen LogP contribution < -0.4 is 0 Å². The predicted octanol–water partition coefficient (Wildman–Crippen LogP) is 3.27. The van der Waals surface area contributed by atoms with Crippen LogP contribution in [0.2, 0.25) is 0 Å². The second kappa shape index (κ2) is 6.65. The summed E-state index contributed by atoms with van der Waals surface area (Å²) in [6.45, 7) is 3.97. The van der Waals surface area contributed by atoms with Crippen molar-refractivity contribution in [2.75, 3.05) is 0 Å². The SMILES string of the molecule is CCc1ccc(C(C(=O)O)(C(=O)O)c2ccc(CC)cc2)cc1. The van der Waals surface area contributed by atoms with E-state index in [1.54, 1.807) is 48.5 Å². The lowest BCUT2D eigenvalue weighted by molar-refractivity contribution is -0.155. The molecule has 0 spiro atoms. The Kier molecular flexibility index (Phi) is 4.84. The molecular weight excluding hydrogens is 292 g/mol. The molecule has 0 radical (unpaired) electrons. The molecule has 0 bridgehead atoms. The number of carboxylic acid groups (broad SMARTS) is 2. The van der Waals surface area contributed by atoms with Gasteiger partial charge in [0.1, 0.15) is 0 Å². The van der Waals surface area contributed by atoms with Crippen LogP contribution in [0.3, 0.4) is 0 Å². The summed E-state index contributed by atoms with van der Waals surface area (Å²) in [7, 11) is 0. The standard InChI is InChI=1S/C19H20O4/c1-3-13-5-9-15(10-6-13)19(17(20)21,18(22)23)16-11-7-14(4-2)8-12-16/h5-12H,3-4H2,1-2H3,(H,20,21)(H,22,23). The van der Waals surface area contributed by atoms with Gasteiger partial charge in [-0.05, 0) is 35.1 Å². The van der Waals surface area contributed by atoms with E-state index in [0.29, 0.717) is 0 Å². The molecule has 0 heterocycles. The highest BCUT2D eigenvalue weighted by Crippen LogP contribution is 2.34. The van der Waals surface area contributed by atoms with Gasteiger partial charge in [0.15, 0.2) is 0 Å². The Balaban J connectivity index is 2.67. The van der Waals surface area contributed by atoms with Crippen molar-refractivity contribution in [1.29, 1.82) is 0 Å². The first-order valence-electron chi connectivity index (χ1n) is 7.62. The van der Waals surface area contributed by atoms with Crippen LogP contribution >= 0.6 is 0 Å². The fourth-order valence-corrected chi connectivity index (χ4v) is 2.73. The van der Waals surface area contributed by atoms with Crippen molar-refractivity contribution in [3.05, 3.63) is 70.8 Å². The van der Waals surface area contributed by atoms with Gasteiger partial charge in [0.2, 0.25) is 5.41 Å².